The normalized spacial score (nSPS) is 16.8. The molecule has 0 spiro atoms. The van der Waals surface area contributed by atoms with Crippen LogP contribution in [0, 0.1) is 5.82 Å². The Hall–Kier alpha value is -1.92. The maximum atomic E-state index is 14.0. The minimum absolute atomic E-state index is 0.234. The Morgan fingerprint density at radius 3 is 2.30 bits per heavy atom. The second-order valence-electron chi connectivity index (χ2n) is 4.85. The van der Waals surface area contributed by atoms with Crippen LogP contribution in [-0.4, -0.2) is 16.9 Å². The van der Waals surface area contributed by atoms with Gasteiger partial charge in [-0.05, 0) is 24.5 Å². The molecule has 1 N–H and O–H groups in total. The molecule has 1 saturated carbocycles. The highest BCUT2D eigenvalue weighted by Crippen LogP contribution is 2.53. The van der Waals surface area contributed by atoms with Gasteiger partial charge in [-0.1, -0.05) is 12.1 Å². The lowest BCUT2D eigenvalue weighted by atomic mass is 9.88. The highest BCUT2D eigenvalue weighted by atomic mass is 19.4. The van der Waals surface area contributed by atoms with Gasteiger partial charge in [0, 0.05) is 11.8 Å². The predicted molar refractivity (Wildman–Crippen MR) is 59.6 cm³/mol. The van der Waals surface area contributed by atoms with Crippen LogP contribution in [0.25, 0.3) is 0 Å². The zero-order chi connectivity index (χ0) is 15.1. The molecular formula is C13H10F4O3. The summed E-state index contributed by atoms with van der Waals surface area (Å²) < 4.78 is 51.9. The fourth-order valence-electron chi connectivity index (χ4n) is 2.24. The Balaban J connectivity index is 2.39. The molecule has 0 amide bonds. The number of carboxylic acids is 1. The van der Waals surface area contributed by atoms with Crippen LogP contribution in [0.2, 0.25) is 0 Å². The molecule has 1 aliphatic rings. The van der Waals surface area contributed by atoms with Gasteiger partial charge in [0.25, 0.3) is 0 Å². The molecule has 1 fully saturated rings. The maximum Gasteiger partial charge on any atom is 0.419 e. The second kappa shape index (κ2) is 4.57. The van der Waals surface area contributed by atoms with Crippen LogP contribution >= 0.6 is 0 Å². The van der Waals surface area contributed by atoms with E-state index in [0.717, 1.165) is 6.07 Å². The van der Waals surface area contributed by atoms with Crippen molar-refractivity contribution < 1.29 is 32.3 Å². The Kier molecular flexibility index (Phi) is 3.31. The average Bonchev–Trinajstić information content (AvgIpc) is 3.08. The topological polar surface area (TPSA) is 54.4 Å². The summed E-state index contributed by atoms with van der Waals surface area (Å²) in [4.78, 5) is 21.7. The first-order valence-electron chi connectivity index (χ1n) is 5.80. The van der Waals surface area contributed by atoms with Gasteiger partial charge >= 0.3 is 12.1 Å². The summed E-state index contributed by atoms with van der Waals surface area (Å²) in [7, 11) is 0. The van der Waals surface area contributed by atoms with Gasteiger partial charge in [0.05, 0.1) is 5.56 Å². The Bertz CT molecular complexity index is 573. The molecule has 0 unspecified atom stereocenters. The van der Waals surface area contributed by atoms with Crippen molar-refractivity contribution in [3.05, 3.63) is 35.1 Å². The lowest BCUT2D eigenvalue weighted by molar-refractivity contribution is -0.149. The molecule has 0 atom stereocenters. The Morgan fingerprint density at radius 2 is 1.85 bits per heavy atom. The number of ketones is 1. The van der Waals surface area contributed by atoms with E-state index in [-0.39, 0.29) is 5.56 Å². The molecule has 3 nitrogen and oxygen atoms in total. The van der Waals surface area contributed by atoms with E-state index in [0.29, 0.717) is 18.9 Å². The quantitative estimate of drug-likeness (QED) is 0.685. The molecule has 0 aliphatic heterocycles. The van der Waals surface area contributed by atoms with E-state index in [2.05, 4.69) is 0 Å². The van der Waals surface area contributed by atoms with Gasteiger partial charge in [-0.3, -0.25) is 4.79 Å². The highest BCUT2D eigenvalue weighted by molar-refractivity contribution is 6.33. The number of carbonyl (C=O) groups excluding carboxylic acids is 1. The van der Waals surface area contributed by atoms with E-state index < -0.39 is 41.1 Å². The molecule has 0 heterocycles. The van der Waals surface area contributed by atoms with E-state index in [1.807, 2.05) is 0 Å². The van der Waals surface area contributed by atoms with Gasteiger partial charge in [-0.25, -0.2) is 9.18 Å². The molecule has 0 saturated heterocycles. The third-order valence-corrected chi connectivity index (χ3v) is 3.47. The molecule has 7 heteroatoms. The molecule has 0 bridgehead atoms. The molecule has 0 radical (unpaired) electrons. The van der Waals surface area contributed by atoms with Gasteiger partial charge in [-0.15, -0.1) is 0 Å². The number of hydrogen-bond donors (Lipinski definition) is 1. The minimum Gasteiger partial charge on any atom is -0.476 e. The summed E-state index contributed by atoms with van der Waals surface area (Å²) >= 11 is 0. The van der Waals surface area contributed by atoms with Gasteiger partial charge in [0.1, 0.15) is 5.82 Å². The largest absolute Gasteiger partial charge is 0.476 e. The fourth-order valence-corrected chi connectivity index (χ4v) is 2.24. The van der Waals surface area contributed by atoms with Crippen molar-refractivity contribution in [2.24, 2.45) is 0 Å². The fraction of sp³-hybridized carbons (Fsp3) is 0.385. The Morgan fingerprint density at radius 1 is 1.25 bits per heavy atom. The standard InChI is InChI=1S/C13H10F4O3/c14-10-7(2-1-3-8(10)13(15,16)17)12(4-5-12)6-9(18)11(19)20/h1-3H,4-6H2,(H,19,20). The summed E-state index contributed by atoms with van der Waals surface area (Å²) in [6, 6.07) is 2.85. The van der Waals surface area contributed by atoms with Crippen LogP contribution < -0.4 is 0 Å². The summed E-state index contributed by atoms with van der Waals surface area (Å²) in [5.41, 5.74) is -2.74. The van der Waals surface area contributed by atoms with E-state index in [1.54, 1.807) is 0 Å². The summed E-state index contributed by atoms with van der Waals surface area (Å²) in [6.45, 7) is 0. The average molecular weight is 290 g/mol. The van der Waals surface area contributed by atoms with Crippen LogP contribution in [0.15, 0.2) is 18.2 Å². The number of carbonyl (C=O) groups is 2. The Labute approximate surface area is 111 Å². The number of benzene rings is 1. The van der Waals surface area contributed by atoms with Gasteiger partial charge < -0.3 is 5.11 Å². The molecule has 2 rings (SSSR count). The van der Waals surface area contributed by atoms with E-state index in [1.165, 1.54) is 6.07 Å². The van der Waals surface area contributed by atoms with Crippen molar-refractivity contribution in [3.8, 4) is 0 Å². The number of aliphatic carboxylic acids is 1. The summed E-state index contributed by atoms with van der Waals surface area (Å²) in [5.74, 6) is -4.21. The number of Topliss-reactive ketones (excluding diaryl/α,β-unsaturated/α-hetero) is 1. The van der Waals surface area contributed by atoms with Crippen LogP contribution in [0.1, 0.15) is 30.4 Å². The van der Waals surface area contributed by atoms with Gasteiger partial charge in [0.15, 0.2) is 0 Å². The van der Waals surface area contributed by atoms with E-state index >= 15 is 0 Å². The summed E-state index contributed by atoms with van der Waals surface area (Å²) in [5, 5.41) is 8.55. The van der Waals surface area contributed by atoms with E-state index in [4.69, 9.17) is 5.11 Å². The van der Waals surface area contributed by atoms with Crippen LogP contribution in [0.3, 0.4) is 0 Å². The maximum absolute atomic E-state index is 14.0. The van der Waals surface area contributed by atoms with E-state index in [9.17, 15) is 27.2 Å². The third-order valence-electron chi connectivity index (χ3n) is 3.47. The molecular weight excluding hydrogens is 280 g/mol. The van der Waals surface area contributed by atoms with Crippen molar-refractivity contribution in [1.29, 1.82) is 0 Å². The third kappa shape index (κ3) is 2.52. The molecule has 108 valence electrons. The van der Waals surface area contributed by atoms with Crippen LogP contribution in [0.5, 0.6) is 0 Å². The summed E-state index contributed by atoms with van der Waals surface area (Å²) in [6.07, 6.45) is -4.72. The SMILES string of the molecule is O=C(O)C(=O)CC1(c2cccc(C(F)(F)F)c2F)CC1. The lowest BCUT2D eigenvalue weighted by Gasteiger charge is -2.17. The van der Waals surface area contributed by atoms with Gasteiger partial charge in [-0.2, -0.15) is 13.2 Å². The van der Waals surface area contributed by atoms with Crippen molar-refractivity contribution in [1.82, 2.24) is 0 Å². The first-order chi connectivity index (χ1) is 9.17. The molecule has 20 heavy (non-hydrogen) atoms. The van der Waals surface area contributed by atoms with Crippen molar-refractivity contribution in [2.75, 3.05) is 0 Å². The highest BCUT2D eigenvalue weighted by Gasteiger charge is 2.49. The zero-order valence-electron chi connectivity index (χ0n) is 10.1. The lowest BCUT2D eigenvalue weighted by Crippen LogP contribution is -2.22. The smallest absolute Gasteiger partial charge is 0.419 e. The minimum atomic E-state index is -4.83. The van der Waals surface area contributed by atoms with Crippen molar-refractivity contribution in [3.63, 3.8) is 0 Å². The number of carboxylic acid groups (broad SMARTS) is 1. The van der Waals surface area contributed by atoms with Gasteiger partial charge in [0.2, 0.25) is 5.78 Å². The van der Waals surface area contributed by atoms with Crippen molar-refractivity contribution in [2.45, 2.75) is 30.9 Å². The molecule has 1 aromatic carbocycles. The number of hydrogen-bond acceptors (Lipinski definition) is 2. The van der Waals surface area contributed by atoms with Crippen LogP contribution in [-0.2, 0) is 21.2 Å². The first-order valence-corrected chi connectivity index (χ1v) is 5.80. The zero-order valence-corrected chi connectivity index (χ0v) is 10.1. The number of halogens is 4. The van der Waals surface area contributed by atoms with Crippen molar-refractivity contribution >= 4 is 11.8 Å². The number of alkyl halides is 3. The molecule has 1 aliphatic carbocycles. The molecule has 1 aromatic rings. The number of rotatable bonds is 4. The van der Waals surface area contributed by atoms with Crippen LogP contribution in [0.4, 0.5) is 17.6 Å². The monoisotopic (exact) mass is 290 g/mol. The first kappa shape index (κ1) is 14.5. The predicted octanol–water partition coefficient (Wildman–Crippen LogP) is 2.92. The molecule has 0 aromatic heterocycles. The second-order valence-corrected chi connectivity index (χ2v) is 4.85.